The third kappa shape index (κ3) is 4.98. The molecule has 1 aromatic carbocycles. The molecule has 1 aliphatic rings. The van der Waals surface area contributed by atoms with E-state index < -0.39 is 0 Å². The molecule has 0 spiro atoms. The zero-order valence-electron chi connectivity index (χ0n) is 15.3. The monoisotopic (exact) mass is 358 g/mol. The highest BCUT2D eigenvalue weighted by molar-refractivity contribution is 5.47. The van der Waals surface area contributed by atoms with Crippen molar-refractivity contribution in [2.75, 3.05) is 44.5 Å². The van der Waals surface area contributed by atoms with Gasteiger partial charge in [-0.05, 0) is 37.0 Å². The fraction of sp³-hybridized carbons (Fsp3) is 0.474. The van der Waals surface area contributed by atoms with Crippen LogP contribution in [0.5, 0.6) is 11.5 Å². The summed E-state index contributed by atoms with van der Waals surface area (Å²) >= 11 is 0. The maximum atomic E-state index is 5.61. The van der Waals surface area contributed by atoms with Crippen molar-refractivity contribution in [1.82, 2.24) is 9.97 Å². The molecule has 0 radical (unpaired) electrons. The summed E-state index contributed by atoms with van der Waals surface area (Å²) in [4.78, 5) is 8.53. The number of benzene rings is 1. The second-order valence-corrected chi connectivity index (χ2v) is 6.17. The number of aromatic nitrogens is 2. The first-order valence-corrected chi connectivity index (χ1v) is 8.91. The fourth-order valence-electron chi connectivity index (χ4n) is 2.95. The van der Waals surface area contributed by atoms with Crippen LogP contribution in [0.1, 0.15) is 18.4 Å². The molecule has 0 aliphatic carbocycles. The van der Waals surface area contributed by atoms with Gasteiger partial charge in [-0.2, -0.15) is 0 Å². The summed E-state index contributed by atoms with van der Waals surface area (Å²) in [5.41, 5.74) is 1.17. The average Bonchev–Trinajstić information content (AvgIpc) is 3.20. The lowest BCUT2D eigenvalue weighted by Crippen LogP contribution is -2.19. The number of nitrogens with zero attached hydrogens (tertiary/aromatic N) is 2. The molecular formula is C19H26N4O3. The highest BCUT2D eigenvalue weighted by Crippen LogP contribution is 2.27. The Balaban J connectivity index is 1.49. The third-order valence-electron chi connectivity index (χ3n) is 4.37. The number of ether oxygens (including phenoxy) is 3. The lowest BCUT2D eigenvalue weighted by atomic mass is 10.1. The predicted molar refractivity (Wildman–Crippen MR) is 101 cm³/mol. The van der Waals surface area contributed by atoms with Crippen LogP contribution in [0, 0.1) is 0 Å². The number of hydrogen-bond acceptors (Lipinski definition) is 7. The zero-order chi connectivity index (χ0) is 18.2. The molecule has 1 fully saturated rings. The van der Waals surface area contributed by atoms with Crippen molar-refractivity contribution in [3.8, 4) is 11.5 Å². The molecule has 1 unspecified atom stereocenters. The van der Waals surface area contributed by atoms with Crippen LogP contribution in [0.2, 0.25) is 0 Å². The second-order valence-electron chi connectivity index (χ2n) is 6.17. The van der Waals surface area contributed by atoms with Crippen molar-refractivity contribution in [1.29, 1.82) is 0 Å². The highest BCUT2D eigenvalue weighted by Gasteiger charge is 2.15. The van der Waals surface area contributed by atoms with Gasteiger partial charge in [-0.3, -0.25) is 0 Å². The smallest absolute Gasteiger partial charge is 0.160 e. The molecule has 2 heterocycles. The van der Waals surface area contributed by atoms with Gasteiger partial charge in [-0.25, -0.2) is 9.97 Å². The fourth-order valence-corrected chi connectivity index (χ4v) is 2.95. The van der Waals surface area contributed by atoms with E-state index in [4.69, 9.17) is 14.2 Å². The Hall–Kier alpha value is -2.54. The molecular weight excluding hydrogens is 332 g/mol. The van der Waals surface area contributed by atoms with Gasteiger partial charge in [-0.15, -0.1) is 0 Å². The Kier molecular flexibility index (Phi) is 6.49. The SMILES string of the molecule is COc1ccc(CCNc2cc(NCC3CCCO3)ncn2)cc1OC. The van der Waals surface area contributed by atoms with Crippen LogP contribution in [-0.2, 0) is 11.2 Å². The maximum absolute atomic E-state index is 5.61. The molecule has 3 rings (SSSR count). The molecule has 2 aromatic rings. The summed E-state index contributed by atoms with van der Waals surface area (Å²) in [5.74, 6) is 3.09. The summed E-state index contributed by atoms with van der Waals surface area (Å²) in [6.45, 7) is 2.40. The van der Waals surface area contributed by atoms with Gasteiger partial charge in [0.1, 0.15) is 18.0 Å². The molecule has 0 bridgehead atoms. The van der Waals surface area contributed by atoms with Gasteiger partial charge in [0.05, 0.1) is 20.3 Å². The summed E-state index contributed by atoms with van der Waals surface area (Å²) < 4.78 is 16.2. The van der Waals surface area contributed by atoms with Crippen LogP contribution < -0.4 is 20.1 Å². The Morgan fingerprint density at radius 2 is 1.88 bits per heavy atom. The summed E-state index contributed by atoms with van der Waals surface area (Å²) in [7, 11) is 3.28. The summed E-state index contributed by atoms with van der Waals surface area (Å²) in [6.07, 6.45) is 4.94. The maximum Gasteiger partial charge on any atom is 0.160 e. The summed E-state index contributed by atoms with van der Waals surface area (Å²) in [5, 5.41) is 6.65. The van der Waals surface area contributed by atoms with Gasteiger partial charge in [0, 0.05) is 25.8 Å². The molecule has 1 aliphatic heterocycles. The first-order chi connectivity index (χ1) is 12.8. The van der Waals surface area contributed by atoms with Crippen molar-refractivity contribution >= 4 is 11.6 Å². The van der Waals surface area contributed by atoms with E-state index in [1.165, 1.54) is 5.56 Å². The zero-order valence-corrected chi connectivity index (χ0v) is 15.3. The highest BCUT2D eigenvalue weighted by atomic mass is 16.5. The van der Waals surface area contributed by atoms with Gasteiger partial charge in [0.2, 0.25) is 0 Å². The average molecular weight is 358 g/mol. The predicted octanol–water partition coefficient (Wildman–Crippen LogP) is 2.74. The van der Waals surface area contributed by atoms with Crippen molar-refractivity contribution in [2.45, 2.75) is 25.4 Å². The molecule has 1 saturated heterocycles. The number of anilines is 2. The van der Waals surface area contributed by atoms with Crippen LogP contribution >= 0.6 is 0 Å². The Morgan fingerprint density at radius 1 is 1.08 bits per heavy atom. The van der Waals surface area contributed by atoms with E-state index in [-0.39, 0.29) is 6.10 Å². The molecule has 26 heavy (non-hydrogen) atoms. The standard InChI is InChI=1S/C19H26N4O3/c1-24-16-6-5-14(10-17(16)25-2)7-8-20-18-11-19(23-13-22-18)21-12-15-4-3-9-26-15/h5-6,10-11,13,15H,3-4,7-9,12H2,1-2H3,(H2,20,21,22,23). The van der Waals surface area contributed by atoms with E-state index in [1.807, 2.05) is 24.3 Å². The van der Waals surface area contributed by atoms with Gasteiger partial charge in [-0.1, -0.05) is 6.07 Å². The molecule has 7 nitrogen and oxygen atoms in total. The molecule has 7 heteroatoms. The lowest BCUT2D eigenvalue weighted by Gasteiger charge is -2.12. The number of nitrogens with one attached hydrogen (secondary N) is 2. The van der Waals surface area contributed by atoms with Crippen LogP contribution in [0.15, 0.2) is 30.6 Å². The number of methoxy groups -OCH3 is 2. The molecule has 1 aromatic heterocycles. The van der Waals surface area contributed by atoms with Crippen molar-refractivity contribution < 1.29 is 14.2 Å². The largest absolute Gasteiger partial charge is 0.493 e. The molecule has 0 amide bonds. The van der Waals surface area contributed by atoms with E-state index in [1.54, 1.807) is 20.5 Å². The lowest BCUT2D eigenvalue weighted by molar-refractivity contribution is 0.120. The van der Waals surface area contributed by atoms with Crippen LogP contribution in [-0.4, -0.2) is 50.0 Å². The van der Waals surface area contributed by atoms with E-state index in [2.05, 4.69) is 20.6 Å². The van der Waals surface area contributed by atoms with Crippen molar-refractivity contribution in [3.63, 3.8) is 0 Å². The summed E-state index contributed by atoms with van der Waals surface area (Å²) in [6, 6.07) is 7.88. The van der Waals surface area contributed by atoms with Crippen molar-refractivity contribution in [3.05, 3.63) is 36.2 Å². The molecule has 2 N–H and O–H groups in total. The second kappa shape index (κ2) is 9.24. The van der Waals surface area contributed by atoms with Gasteiger partial charge in [0.25, 0.3) is 0 Å². The molecule has 0 saturated carbocycles. The van der Waals surface area contributed by atoms with Gasteiger partial charge in [0.15, 0.2) is 11.5 Å². The topological polar surface area (TPSA) is 77.5 Å². The van der Waals surface area contributed by atoms with E-state index >= 15 is 0 Å². The molecule has 140 valence electrons. The normalized spacial score (nSPS) is 16.3. The quantitative estimate of drug-likeness (QED) is 0.714. The first kappa shape index (κ1) is 18.3. The molecule has 1 atom stereocenters. The Bertz CT molecular complexity index is 705. The minimum atomic E-state index is 0.284. The van der Waals surface area contributed by atoms with Gasteiger partial charge < -0.3 is 24.8 Å². The number of rotatable bonds is 9. The minimum absolute atomic E-state index is 0.284. The minimum Gasteiger partial charge on any atom is -0.493 e. The number of hydrogen-bond donors (Lipinski definition) is 2. The first-order valence-electron chi connectivity index (χ1n) is 8.91. The Morgan fingerprint density at radius 3 is 2.62 bits per heavy atom. The Labute approximate surface area is 154 Å². The van der Waals surface area contributed by atoms with Crippen LogP contribution in [0.25, 0.3) is 0 Å². The van der Waals surface area contributed by atoms with Crippen molar-refractivity contribution in [2.24, 2.45) is 0 Å². The van der Waals surface area contributed by atoms with Crippen LogP contribution in [0.3, 0.4) is 0 Å². The van der Waals surface area contributed by atoms with E-state index in [9.17, 15) is 0 Å². The third-order valence-corrected chi connectivity index (χ3v) is 4.37. The van der Waals surface area contributed by atoms with E-state index in [0.717, 1.165) is 62.1 Å². The van der Waals surface area contributed by atoms with Crippen LogP contribution in [0.4, 0.5) is 11.6 Å². The van der Waals surface area contributed by atoms with Gasteiger partial charge >= 0.3 is 0 Å². The van der Waals surface area contributed by atoms with E-state index in [0.29, 0.717) is 0 Å².